The van der Waals surface area contributed by atoms with Crippen molar-refractivity contribution < 1.29 is 8.42 Å². The van der Waals surface area contributed by atoms with Gasteiger partial charge in [0.1, 0.15) is 0 Å². The maximum absolute atomic E-state index is 11.7. The van der Waals surface area contributed by atoms with Crippen LogP contribution in [0.4, 0.5) is 0 Å². The molecule has 0 saturated carbocycles. The Morgan fingerprint density at radius 1 is 1.18 bits per heavy atom. The third-order valence-corrected chi connectivity index (χ3v) is 3.75. The van der Waals surface area contributed by atoms with Crippen molar-refractivity contribution >= 4 is 10.0 Å². The summed E-state index contributed by atoms with van der Waals surface area (Å²) in [5.41, 5.74) is 0. The highest BCUT2D eigenvalue weighted by Crippen LogP contribution is 1.94. The van der Waals surface area contributed by atoms with Crippen LogP contribution in [0.5, 0.6) is 0 Å². The van der Waals surface area contributed by atoms with E-state index in [0.29, 0.717) is 19.0 Å². The fourth-order valence-electron chi connectivity index (χ4n) is 1.60. The summed E-state index contributed by atoms with van der Waals surface area (Å²) in [6, 6.07) is 0.353. The first kappa shape index (κ1) is 16.8. The normalized spacial score (nSPS) is 14.5. The molecule has 6 heteroatoms. The fourth-order valence-corrected chi connectivity index (χ4v) is 2.93. The lowest BCUT2D eigenvalue weighted by molar-refractivity contribution is 0.370. The van der Waals surface area contributed by atoms with Gasteiger partial charge < -0.3 is 10.2 Å². The Morgan fingerprint density at radius 3 is 2.24 bits per heavy atom. The van der Waals surface area contributed by atoms with E-state index >= 15 is 0 Å². The number of rotatable bonds is 9. The van der Waals surface area contributed by atoms with Crippen LogP contribution >= 0.6 is 0 Å². The van der Waals surface area contributed by atoms with Crippen molar-refractivity contribution in [2.24, 2.45) is 0 Å². The van der Waals surface area contributed by atoms with Gasteiger partial charge in [0.2, 0.25) is 10.0 Å². The van der Waals surface area contributed by atoms with Crippen molar-refractivity contribution in [2.75, 3.05) is 32.9 Å². The van der Waals surface area contributed by atoms with E-state index in [9.17, 15) is 8.42 Å². The molecule has 1 atom stereocenters. The van der Waals surface area contributed by atoms with E-state index in [4.69, 9.17) is 0 Å². The Hall–Kier alpha value is -0.170. The first-order valence-electron chi connectivity index (χ1n) is 6.11. The molecule has 0 aliphatic rings. The Morgan fingerprint density at radius 2 is 1.76 bits per heavy atom. The average Bonchev–Trinajstić information content (AvgIpc) is 2.09. The summed E-state index contributed by atoms with van der Waals surface area (Å²) in [6.45, 7) is 7.42. The summed E-state index contributed by atoms with van der Waals surface area (Å²) in [5, 5.41) is 3.20. The second-order valence-electron chi connectivity index (χ2n) is 5.06. The molecule has 0 aromatic carbocycles. The molecule has 0 rings (SSSR count). The molecule has 0 saturated heterocycles. The summed E-state index contributed by atoms with van der Waals surface area (Å²) < 4.78 is 26.1. The van der Waals surface area contributed by atoms with E-state index in [1.54, 1.807) is 0 Å². The lowest BCUT2D eigenvalue weighted by Crippen LogP contribution is -2.41. The molecule has 0 radical (unpaired) electrons. The van der Waals surface area contributed by atoms with Gasteiger partial charge >= 0.3 is 0 Å². The third-order valence-electron chi connectivity index (χ3n) is 2.16. The Bertz CT molecular complexity index is 289. The molecule has 0 heterocycles. The molecule has 0 aliphatic carbocycles. The van der Waals surface area contributed by atoms with Crippen LogP contribution in [0.1, 0.15) is 27.2 Å². The number of nitrogens with one attached hydrogen (secondary N) is 2. The summed E-state index contributed by atoms with van der Waals surface area (Å²) in [4.78, 5) is 1.97. The van der Waals surface area contributed by atoms with E-state index in [0.717, 1.165) is 6.54 Å². The minimum atomic E-state index is -3.14. The number of nitrogens with zero attached hydrogens (tertiary/aromatic N) is 1. The van der Waals surface area contributed by atoms with Gasteiger partial charge in [0, 0.05) is 18.6 Å². The second kappa shape index (κ2) is 8.02. The first-order valence-corrected chi connectivity index (χ1v) is 7.76. The molecule has 5 nitrogen and oxygen atoms in total. The van der Waals surface area contributed by atoms with E-state index in [1.165, 1.54) is 0 Å². The summed E-state index contributed by atoms with van der Waals surface area (Å²) in [5.74, 6) is 0.185. The van der Waals surface area contributed by atoms with Crippen molar-refractivity contribution in [2.45, 2.75) is 39.3 Å². The van der Waals surface area contributed by atoms with Gasteiger partial charge in [-0.2, -0.15) is 0 Å². The van der Waals surface area contributed by atoms with E-state index in [-0.39, 0.29) is 11.8 Å². The number of hydrogen-bond donors (Lipinski definition) is 2. The predicted octanol–water partition coefficient (Wildman–Crippen LogP) is 0.244. The van der Waals surface area contributed by atoms with Crippen molar-refractivity contribution in [3.8, 4) is 0 Å². The highest BCUT2D eigenvalue weighted by Gasteiger charge is 2.14. The van der Waals surface area contributed by atoms with Crippen molar-refractivity contribution in [1.82, 2.24) is 14.9 Å². The first-order chi connectivity index (χ1) is 7.73. The average molecular weight is 265 g/mol. The molecule has 0 aliphatic heterocycles. The van der Waals surface area contributed by atoms with Crippen molar-refractivity contribution in [3.63, 3.8) is 0 Å². The van der Waals surface area contributed by atoms with Gasteiger partial charge in [-0.3, -0.25) is 0 Å². The molecule has 0 aromatic rings. The van der Waals surface area contributed by atoms with Gasteiger partial charge in [0.15, 0.2) is 0 Å². The molecule has 104 valence electrons. The quantitative estimate of drug-likeness (QED) is 0.587. The molecular formula is C11H27N3O2S. The van der Waals surface area contributed by atoms with Crippen LogP contribution in [-0.4, -0.2) is 58.3 Å². The van der Waals surface area contributed by atoms with Crippen molar-refractivity contribution in [3.05, 3.63) is 0 Å². The summed E-state index contributed by atoms with van der Waals surface area (Å²) >= 11 is 0. The van der Waals surface area contributed by atoms with Crippen LogP contribution in [0.3, 0.4) is 0 Å². The number of hydrogen-bond acceptors (Lipinski definition) is 4. The van der Waals surface area contributed by atoms with Gasteiger partial charge in [0.25, 0.3) is 0 Å². The summed E-state index contributed by atoms with van der Waals surface area (Å²) in [6.07, 6.45) is 0.641. The smallest absolute Gasteiger partial charge is 0.211 e. The fraction of sp³-hybridized carbons (Fsp3) is 1.00. The second-order valence-corrected chi connectivity index (χ2v) is 6.94. The minimum Gasteiger partial charge on any atom is -0.314 e. The highest BCUT2D eigenvalue weighted by atomic mass is 32.2. The van der Waals surface area contributed by atoms with Gasteiger partial charge in [-0.1, -0.05) is 13.8 Å². The van der Waals surface area contributed by atoms with Gasteiger partial charge in [-0.15, -0.1) is 0 Å². The molecule has 2 N–H and O–H groups in total. The Balaban J connectivity index is 3.87. The van der Waals surface area contributed by atoms with Crippen LogP contribution in [0.2, 0.25) is 0 Å². The third kappa shape index (κ3) is 10.7. The number of likely N-dealkylation sites (N-methyl/N-ethyl adjacent to an activating group) is 1. The van der Waals surface area contributed by atoms with E-state index in [1.807, 2.05) is 39.8 Å². The van der Waals surface area contributed by atoms with Crippen LogP contribution < -0.4 is 10.0 Å². The molecule has 0 amide bonds. The van der Waals surface area contributed by atoms with E-state index in [2.05, 4.69) is 10.0 Å². The summed E-state index contributed by atoms with van der Waals surface area (Å²) in [7, 11) is 0.715. The molecule has 0 spiro atoms. The SMILES string of the molecule is CC(C)NCCCS(=O)(=O)NC(C)CN(C)C. The lowest BCUT2D eigenvalue weighted by Gasteiger charge is -2.18. The minimum absolute atomic E-state index is 0.0481. The zero-order valence-corrected chi connectivity index (χ0v) is 12.5. The standard InChI is InChI=1S/C11H27N3O2S/c1-10(2)12-7-6-8-17(15,16)13-11(3)9-14(4)5/h10-13H,6-9H2,1-5H3. The molecule has 17 heavy (non-hydrogen) atoms. The van der Waals surface area contributed by atoms with E-state index < -0.39 is 10.0 Å². The topological polar surface area (TPSA) is 61.4 Å². The molecule has 0 bridgehead atoms. The monoisotopic (exact) mass is 265 g/mol. The van der Waals surface area contributed by atoms with Crippen LogP contribution in [0.25, 0.3) is 0 Å². The van der Waals surface area contributed by atoms with Crippen LogP contribution in [0, 0.1) is 0 Å². The predicted molar refractivity (Wildman–Crippen MR) is 72.7 cm³/mol. The maximum atomic E-state index is 11.7. The van der Waals surface area contributed by atoms with Crippen LogP contribution in [0.15, 0.2) is 0 Å². The van der Waals surface area contributed by atoms with Crippen LogP contribution in [-0.2, 0) is 10.0 Å². The molecule has 0 aromatic heterocycles. The van der Waals surface area contributed by atoms with Gasteiger partial charge in [-0.25, -0.2) is 13.1 Å². The largest absolute Gasteiger partial charge is 0.314 e. The molecular weight excluding hydrogens is 238 g/mol. The molecule has 0 fully saturated rings. The number of sulfonamides is 1. The van der Waals surface area contributed by atoms with Gasteiger partial charge in [-0.05, 0) is 34.0 Å². The zero-order valence-electron chi connectivity index (χ0n) is 11.7. The Kier molecular flexibility index (Phi) is 7.94. The zero-order chi connectivity index (χ0) is 13.5. The Labute approximate surface area is 106 Å². The molecule has 1 unspecified atom stereocenters. The lowest BCUT2D eigenvalue weighted by atomic mass is 10.3. The van der Waals surface area contributed by atoms with Crippen molar-refractivity contribution in [1.29, 1.82) is 0 Å². The van der Waals surface area contributed by atoms with Gasteiger partial charge in [0.05, 0.1) is 5.75 Å². The maximum Gasteiger partial charge on any atom is 0.211 e. The highest BCUT2D eigenvalue weighted by molar-refractivity contribution is 7.89.